The molecule has 0 heterocycles. The van der Waals surface area contributed by atoms with Gasteiger partial charge >= 0.3 is 0 Å². The Bertz CT molecular complexity index is 400. The van der Waals surface area contributed by atoms with Crippen LogP contribution in [0.2, 0.25) is 0 Å². The highest BCUT2D eigenvalue weighted by molar-refractivity contribution is 5.76. The van der Waals surface area contributed by atoms with Crippen molar-refractivity contribution in [3.8, 4) is 5.75 Å². The molecule has 1 aromatic rings. The summed E-state index contributed by atoms with van der Waals surface area (Å²) >= 11 is 0. The summed E-state index contributed by atoms with van der Waals surface area (Å²) in [6.07, 6.45) is 0. The Labute approximate surface area is 96.0 Å². The van der Waals surface area contributed by atoms with Crippen LogP contribution in [0, 0.1) is 20.8 Å². The van der Waals surface area contributed by atoms with E-state index in [1.807, 2.05) is 32.9 Å². The molecule has 4 heteroatoms. The number of ether oxygens (including phenoxy) is 1. The number of aryl methyl sites for hydroxylation is 2. The van der Waals surface area contributed by atoms with Crippen LogP contribution < -0.4 is 10.6 Å². The third-order valence-corrected chi connectivity index (χ3v) is 2.61. The van der Waals surface area contributed by atoms with Crippen LogP contribution in [-0.2, 0) is 4.79 Å². The number of hydrazine groups is 1. The minimum atomic E-state index is -0.250. The third-order valence-electron chi connectivity index (χ3n) is 2.61. The van der Waals surface area contributed by atoms with Crippen LogP contribution in [0.1, 0.15) is 16.7 Å². The number of likely N-dealkylation sites (N-methyl/N-ethyl adjacent to an activating group) is 1. The van der Waals surface area contributed by atoms with Gasteiger partial charge in [0.05, 0.1) is 0 Å². The van der Waals surface area contributed by atoms with Crippen LogP contribution in [-0.4, -0.2) is 24.6 Å². The highest BCUT2D eigenvalue weighted by Crippen LogP contribution is 2.25. The van der Waals surface area contributed by atoms with Gasteiger partial charge in [0.1, 0.15) is 5.75 Å². The number of nitrogens with two attached hydrogens (primary N) is 1. The zero-order valence-corrected chi connectivity index (χ0v) is 10.2. The molecule has 0 unspecified atom stereocenters. The Balaban J connectivity index is 2.82. The smallest absolute Gasteiger partial charge is 0.274 e. The first-order valence-electron chi connectivity index (χ1n) is 5.14. The first-order chi connectivity index (χ1) is 7.43. The highest BCUT2D eigenvalue weighted by atomic mass is 16.5. The Kier molecular flexibility index (Phi) is 3.90. The van der Waals surface area contributed by atoms with Gasteiger partial charge in [-0.25, -0.2) is 5.84 Å². The molecule has 0 aliphatic rings. The minimum absolute atomic E-state index is 0.0296. The fourth-order valence-corrected chi connectivity index (χ4v) is 1.38. The van der Waals surface area contributed by atoms with E-state index >= 15 is 0 Å². The van der Waals surface area contributed by atoms with Crippen molar-refractivity contribution in [3.05, 3.63) is 28.8 Å². The fraction of sp³-hybridized carbons (Fsp3) is 0.417. The van der Waals surface area contributed by atoms with Crippen molar-refractivity contribution in [2.24, 2.45) is 5.84 Å². The van der Waals surface area contributed by atoms with Crippen molar-refractivity contribution in [2.45, 2.75) is 20.8 Å². The van der Waals surface area contributed by atoms with E-state index in [9.17, 15) is 4.79 Å². The molecule has 0 aliphatic heterocycles. The van der Waals surface area contributed by atoms with Gasteiger partial charge in [0.2, 0.25) is 0 Å². The van der Waals surface area contributed by atoms with Crippen LogP contribution in [0.4, 0.5) is 0 Å². The summed E-state index contributed by atoms with van der Waals surface area (Å²) in [7, 11) is 1.50. The van der Waals surface area contributed by atoms with Crippen molar-refractivity contribution < 1.29 is 9.53 Å². The van der Waals surface area contributed by atoms with E-state index in [1.165, 1.54) is 7.05 Å². The van der Waals surface area contributed by atoms with Crippen LogP contribution >= 0.6 is 0 Å². The molecule has 0 aromatic heterocycles. The SMILES string of the molecule is Cc1ccc(C)c(OCC(=O)N(C)N)c1C. The summed E-state index contributed by atoms with van der Waals surface area (Å²) in [6, 6.07) is 4.02. The molecule has 0 atom stereocenters. The Morgan fingerprint density at radius 2 is 1.88 bits per heavy atom. The molecule has 1 rings (SSSR count). The quantitative estimate of drug-likeness (QED) is 0.477. The molecule has 0 fully saturated rings. The second kappa shape index (κ2) is 4.99. The molecule has 1 aromatic carbocycles. The van der Waals surface area contributed by atoms with Crippen molar-refractivity contribution in [2.75, 3.05) is 13.7 Å². The van der Waals surface area contributed by atoms with Crippen LogP contribution in [0.15, 0.2) is 12.1 Å². The average molecular weight is 222 g/mol. The van der Waals surface area contributed by atoms with E-state index in [1.54, 1.807) is 0 Å². The molecule has 0 saturated heterocycles. The predicted molar refractivity (Wildman–Crippen MR) is 63.1 cm³/mol. The number of benzene rings is 1. The maximum atomic E-state index is 11.3. The zero-order chi connectivity index (χ0) is 12.3. The first-order valence-corrected chi connectivity index (χ1v) is 5.14. The third kappa shape index (κ3) is 2.73. The summed E-state index contributed by atoms with van der Waals surface area (Å²) in [5, 5.41) is 1.03. The summed E-state index contributed by atoms with van der Waals surface area (Å²) in [6.45, 7) is 5.92. The lowest BCUT2D eigenvalue weighted by Gasteiger charge is -2.15. The minimum Gasteiger partial charge on any atom is -0.483 e. The lowest BCUT2D eigenvalue weighted by molar-refractivity contribution is -0.132. The summed E-state index contributed by atoms with van der Waals surface area (Å²) in [5.41, 5.74) is 3.23. The van der Waals surface area contributed by atoms with Crippen LogP contribution in [0.3, 0.4) is 0 Å². The predicted octanol–water partition coefficient (Wildman–Crippen LogP) is 1.32. The van der Waals surface area contributed by atoms with E-state index in [4.69, 9.17) is 10.6 Å². The monoisotopic (exact) mass is 222 g/mol. The lowest BCUT2D eigenvalue weighted by atomic mass is 10.1. The largest absolute Gasteiger partial charge is 0.483 e. The van der Waals surface area contributed by atoms with Gasteiger partial charge in [-0.3, -0.25) is 9.80 Å². The molecular weight excluding hydrogens is 204 g/mol. The van der Waals surface area contributed by atoms with Crippen molar-refractivity contribution in [1.82, 2.24) is 5.01 Å². The van der Waals surface area contributed by atoms with E-state index in [-0.39, 0.29) is 12.5 Å². The van der Waals surface area contributed by atoms with E-state index < -0.39 is 0 Å². The molecule has 4 nitrogen and oxygen atoms in total. The maximum absolute atomic E-state index is 11.3. The Morgan fingerprint density at radius 1 is 1.31 bits per heavy atom. The number of carbonyl (C=O) groups excluding carboxylic acids is 1. The molecular formula is C12H18N2O2. The molecule has 0 radical (unpaired) electrons. The van der Waals surface area contributed by atoms with Crippen molar-refractivity contribution >= 4 is 5.91 Å². The number of nitrogens with zero attached hydrogens (tertiary/aromatic N) is 1. The Hall–Kier alpha value is -1.55. The topological polar surface area (TPSA) is 55.6 Å². The van der Waals surface area contributed by atoms with Gasteiger partial charge in [0, 0.05) is 7.05 Å². The number of amides is 1. The van der Waals surface area contributed by atoms with Gasteiger partial charge in [-0.2, -0.15) is 0 Å². The molecule has 16 heavy (non-hydrogen) atoms. The summed E-state index contributed by atoms with van der Waals surface area (Å²) in [5.74, 6) is 5.83. The van der Waals surface area contributed by atoms with Gasteiger partial charge in [0.15, 0.2) is 6.61 Å². The average Bonchev–Trinajstić information content (AvgIpc) is 2.23. The summed E-state index contributed by atoms with van der Waals surface area (Å²) in [4.78, 5) is 11.3. The van der Waals surface area contributed by atoms with Crippen LogP contribution in [0.5, 0.6) is 5.75 Å². The number of hydrogen-bond acceptors (Lipinski definition) is 3. The molecule has 0 saturated carbocycles. The van der Waals surface area contributed by atoms with Gasteiger partial charge in [-0.05, 0) is 37.5 Å². The second-order valence-electron chi connectivity index (χ2n) is 3.95. The number of hydrogen-bond donors (Lipinski definition) is 1. The molecule has 0 spiro atoms. The van der Waals surface area contributed by atoms with Gasteiger partial charge in [-0.15, -0.1) is 0 Å². The fourth-order valence-electron chi connectivity index (χ4n) is 1.38. The standard InChI is InChI=1S/C12H18N2O2/c1-8-5-6-9(2)12(10(8)3)16-7-11(15)14(4)13/h5-6H,7,13H2,1-4H3. The van der Waals surface area contributed by atoms with E-state index in [0.29, 0.717) is 0 Å². The van der Waals surface area contributed by atoms with Crippen LogP contribution in [0.25, 0.3) is 0 Å². The van der Waals surface area contributed by atoms with Crippen molar-refractivity contribution in [1.29, 1.82) is 0 Å². The van der Waals surface area contributed by atoms with Gasteiger partial charge in [0.25, 0.3) is 5.91 Å². The van der Waals surface area contributed by atoms with Gasteiger partial charge in [-0.1, -0.05) is 12.1 Å². The molecule has 1 amide bonds. The number of rotatable bonds is 3. The molecule has 0 aliphatic carbocycles. The normalized spacial score (nSPS) is 10.1. The number of carbonyl (C=O) groups is 1. The molecule has 88 valence electrons. The maximum Gasteiger partial charge on any atom is 0.274 e. The Morgan fingerprint density at radius 3 is 2.44 bits per heavy atom. The van der Waals surface area contributed by atoms with Gasteiger partial charge < -0.3 is 4.74 Å². The zero-order valence-electron chi connectivity index (χ0n) is 10.2. The highest BCUT2D eigenvalue weighted by Gasteiger charge is 2.10. The van der Waals surface area contributed by atoms with E-state index in [0.717, 1.165) is 27.4 Å². The molecule has 2 N–H and O–H groups in total. The summed E-state index contributed by atoms with van der Waals surface area (Å²) < 4.78 is 5.50. The van der Waals surface area contributed by atoms with Crippen molar-refractivity contribution in [3.63, 3.8) is 0 Å². The molecule has 0 bridgehead atoms. The van der Waals surface area contributed by atoms with E-state index in [2.05, 4.69) is 0 Å². The first kappa shape index (κ1) is 12.5. The second-order valence-corrected chi connectivity index (χ2v) is 3.95. The lowest BCUT2D eigenvalue weighted by Crippen LogP contribution is -2.36.